The molecule has 0 bridgehead atoms. The maximum atomic E-state index is 11.5. The van der Waals surface area contributed by atoms with Gasteiger partial charge >= 0.3 is 0 Å². The largest absolute Gasteiger partial charge is 0.385 e. The monoisotopic (exact) mass is 290 g/mol. The van der Waals surface area contributed by atoms with E-state index in [0.717, 1.165) is 50.9 Å². The second kappa shape index (κ2) is 6.07. The van der Waals surface area contributed by atoms with Crippen molar-refractivity contribution in [1.29, 1.82) is 0 Å². The zero-order chi connectivity index (χ0) is 14.8. The maximum Gasteiger partial charge on any atom is 0.0940 e. The Labute approximate surface area is 127 Å². The summed E-state index contributed by atoms with van der Waals surface area (Å²) in [6.45, 7) is 4.33. The standard InChI is InChI=1S/C18H26O3/c1-2-9-18(19,15-6-4-3-5-7-15)16-8-11-21-17(13-16)10-12-20-14-17/h3-7,16,19H,2,8-14H2,1H3. The summed E-state index contributed by atoms with van der Waals surface area (Å²) >= 11 is 0. The fourth-order valence-corrected chi connectivity index (χ4v) is 3.99. The van der Waals surface area contributed by atoms with Crippen LogP contribution in [0.5, 0.6) is 0 Å². The predicted molar refractivity (Wildman–Crippen MR) is 82.1 cm³/mol. The van der Waals surface area contributed by atoms with E-state index in [-0.39, 0.29) is 11.5 Å². The van der Waals surface area contributed by atoms with Gasteiger partial charge in [0.25, 0.3) is 0 Å². The van der Waals surface area contributed by atoms with E-state index in [1.807, 2.05) is 18.2 Å². The predicted octanol–water partition coefficient (Wildman–Crippen LogP) is 3.26. The average molecular weight is 290 g/mol. The highest BCUT2D eigenvalue weighted by atomic mass is 16.6. The summed E-state index contributed by atoms with van der Waals surface area (Å²) < 4.78 is 11.6. The Bertz CT molecular complexity index is 453. The summed E-state index contributed by atoms with van der Waals surface area (Å²) in [7, 11) is 0. The van der Waals surface area contributed by atoms with E-state index >= 15 is 0 Å². The van der Waals surface area contributed by atoms with E-state index < -0.39 is 5.60 Å². The molecule has 3 unspecified atom stereocenters. The van der Waals surface area contributed by atoms with Crippen LogP contribution in [0.25, 0.3) is 0 Å². The summed E-state index contributed by atoms with van der Waals surface area (Å²) in [6, 6.07) is 10.2. The first kappa shape index (κ1) is 15.0. The van der Waals surface area contributed by atoms with Crippen molar-refractivity contribution in [3.8, 4) is 0 Å². The lowest BCUT2D eigenvalue weighted by molar-refractivity contribution is -0.148. The molecule has 0 amide bonds. The normalized spacial score (nSPS) is 32.2. The summed E-state index contributed by atoms with van der Waals surface area (Å²) in [6.07, 6.45) is 4.57. The van der Waals surface area contributed by atoms with Gasteiger partial charge < -0.3 is 14.6 Å². The lowest BCUT2D eigenvalue weighted by atomic mass is 9.70. The van der Waals surface area contributed by atoms with Gasteiger partial charge in [-0.3, -0.25) is 0 Å². The maximum absolute atomic E-state index is 11.5. The van der Waals surface area contributed by atoms with Crippen LogP contribution in [-0.2, 0) is 15.1 Å². The molecule has 2 heterocycles. The van der Waals surface area contributed by atoms with Crippen LogP contribution in [0.1, 0.15) is 44.6 Å². The van der Waals surface area contributed by atoms with E-state index in [0.29, 0.717) is 6.61 Å². The molecule has 1 spiro atoms. The number of aliphatic hydroxyl groups is 1. The molecule has 1 aromatic carbocycles. The van der Waals surface area contributed by atoms with Crippen molar-refractivity contribution in [3.05, 3.63) is 35.9 Å². The lowest BCUT2D eigenvalue weighted by Crippen LogP contribution is -2.47. The third-order valence-corrected chi connectivity index (χ3v) is 5.14. The van der Waals surface area contributed by atoms with Crippen LogP contribution in [0.2, 0.25) is 0 Å². The van der Waals surface area contributed by atoms with Crippen molar-refractivity contribution >= 4 is 0 Å². The molecule has 0 radical (unpaired) electrons. The van der Waals surface area contributed by atoms with Gasteiger partial charge in [0.15, 0.2) is 0 Å². The van der Waals surface area contributed by atoms with Crippen LogP contribution in [0.3, 0.4) is 0 Å². The number of hydrogen-bond donors (Lipinski definition) is 1. The Balaban J connectivity index is 1.86. The molecular formula is C18H26O3. The molecule has 2 saturated heterocycles. The van der Waals surface area contributed by atoms with Gasteiger partial charge in [0.2, 0.25) is 0 Å². The molecule has 2 aliphatic heterocycles. The first-order valence-electron chi connectivity index (χ1n) is 8.18. The van der Waals surface area contributed by atoms with Crippen molar-refractivity contribution in [1.82, 2.24) is 0 Å². The van der Waals surface area contributed by atoms with Crippen molar-refractivity contribution in [2.45, 2.75) is 50.2 Å². The Morgan fingerprint density at radius 1 is 1.29 bits per heavy atom. The van der Waals surface area contributed by atoms with Crippen LogP contribution >= 0.6 is 0 Å². The summed E-state index contributed by atoms with van der Waals surface area (Å²) in [5, 5.41) is 11.5. The van der Waals surface area contributed by atoms with Crippen LogP contribution < -0.4 is 0 Å². The van der Waals surface area contributed by atoms with E-state index in [9.17, 15) is 5.11 Å². The fraction of sp³-hybridized carbons (Fsp3) is 0.667. The second-order valence-electron chi connectivity index (χ2n) is 6.56. The number of benzene rings is 1. The Kier molecular flexibility index (Phi) is 4.34. The summed E-state index contributed by atoms with van der Waals surface area (Å²) in [5.41, 5.74) is 0.155. The van der Waals surface area contributed by atoms with Crippen LogP contribution in [0.4, 0.5) is 0 Å². The zero-order valence-electron chi connectivity index (χ0n) is 12.9. The van der Waals surface area contributed by atoms with Crippen molar-refractivity contribution in [2.75, 3.05) is 19.8 Å². The molecule has 2 fully saturated rings. The highest BCUT2D eigenvalue weighted by Crippen LogP contribution is 2.45. The van der Waals surface area contributed by atoms with Crippen molar-refractivity contribution in [3.63, 3.8) is 0 Å². The van der Waals surface area contributed by atoms with E-state index in [4.69, 9.17) is 9.47 Å². The van der Waals surface area contributed by atoms with Gasteiger partial charge in [-0.15, -0.1) is 0 Å². The molecule has 3 nitrogen and oxygen atoms in total. The average Bonchev–Trinajstić information content (AvgIpc) is 2.96. The summed E-state index contributed by atoms with van der Waals surface area (Å²) in [5.74, 6) is 0.246. The molecule has 2 aliphatic rings. The molecule has 0 saturated carbocycles. The van der Waals surface area contributed by atoms with Gasteiger partial charge in [-0.2, -0.15) is 0 Å². The lowest BCUT2D eigenvalue weighted by Gasteiger charge is -2.45. The van der Waals surface area contributed by atoms with Crippen LogP contribution in [0, 0.1) is 5.92 Å². The highest BCUT2D eigenvalue weighted by molar-refractivity contribution is 5.24. The second-order valence-corrected chi connectivity index (χ2v) is 6.56. The minimum Gasteiger partial charge on any atom is -0.385 e. The first-order chi connectivity index (χ1) is 10.2. The molecule has 0 aromatic heterocycles. The molecule has 1 N–H and O–H groups in total. The Hall–Kier alpha value is -0.900. The van der Waals surface area contributed by atoms with Gasteiger partial charge in [-0.1, -0.05) is 43.7 Å². The molecule has 0 aliphatic carbocycles. The topological polar surface area (TPSA) is 38.7 Å². The fourth-order valence-electron chi connectivity index (χ4n) is 3.99. The molecule has 116 valence electrons. The quantitative estimate of drug-likeness (QED) is 0.925. The van der Waals surface area contributed by atoms with Gasteiger partial charge in [0.1, 0.15) is 0 Å². The third kappa shape index (κ3) is 2.87. The molecular weight excluding hydrogens is 264 g/mol. The van der Waals surface area contributed by atoms with E-state index in [1.165, 1.54) is 0 Å². The molecule has 3 heteroatoms. The molecule has 3 atom stereocenters. The van der Waals surface area contributed by atoms with E-state index in [2.05, 4.69) is 19.1 Å². The zero-order valence-corrected chi connectivity index (χ0v) is 12.9. The number of ether oxygens (including phenoxy) is 2. The van der Waals surface area contributed by atoms with Crippen molar-refractivity contribution < 1.29 is 14.6 Å². The van der Waals surface area contributed by atoms with Gasteiger partial charge in [-0.05, 0) is 30.7 Å². The minimum absolute atomic E-state index is 0.153. The Morgan fingerprint density at radius 2 is 2.10 bits per heavy atom. The number of rotatable bonds is 4. The number of hydrogen-bond acceptors (Lipinski definition) is 3. The SMILES string of the molecule is CCCC(O)(c1ccccc1)C1CCOC2(CCOC2)C1. The molecule has 1 aromatic rings. The molecule has 3 rings (SSSR count). The van der Waals surface area contributed by atoms with Crippen molar-refractivity contribution in [2.24, 2.45) is 5.92 Å². The molecule has 21 heavy (non-hydrogen) atoms. The Morgan fingerprint density at radius 3 is 2.76 bits per heavy atom. The van der Waals surface area contributed by atoms with E-state index in [1.54, 1.807) is 0 Å². The van der Waals surface area contributed by atoms with Crippen LogP contribution in [-0.4, -0.2) is 30.5 Å². The van der Waals surface area contributed by atoms with Gasteiger partial charge in [0.05, 0.1) is 17.8 Å². The summed E-state index contributed by atoms with van der Waals surface area (Å²) in [4.78, 5) is 0. The third-order valence-electron chi connectivity index (χ3n) is 5.14. The van der Waals surface area contributed by atoms with Gasteiger partial charge in [-0.25, -0.2) is 0 Å². The van der Waals surface area contributed by atoms with Crippen LogP contribution in [0.15, 0.2) is 30.3 Å². The first-order valence-corrected chi connectivity index (χ1v) is 8.18. The minimum atomic E-state index is -0.741. The van der Waals surface area contributed by atoms with Gasteiger partial charge in [0, 0.05) is 19.6 Å². The smallest absolute Gasteiger partial charge is 0.0940 e. The highest BCUT2D eigenvalue weighted by Gasteiger charge is 2.48.